The van der Waals surface area contributed by atoms with Crippen LogP contribution in [0.2, 0.25) is 0 Å². The summed E-state index contributed by atoms with van der Waals surface area (Å²) in [6, 6.07) is 18.3. The van der Waals surface area contributed by atoms with Crippen LogP contribution in [0.1, 0.15) is 0 Å². The van der Waals surface area contributed by atoms with E-state index in [1.165, 1.54) is 24.3 Å². The molecule has 0 aliphatic carbocycles. The van der Waals surface area contributed by atoms with Gasteiger partial charge in [0, 0.05) is 6.54 Å². The third-order valence-electron chi connectivity index (χ3n) is 3.65. The molecule has 0 spiro atoms. The van der Waals surface area contributed by atoms with Gasteiger partial charge in [0.25, 0.3) is 0 Å². The van der Waals surface area contributed by atoms with E-state index in [1.54, 1.807) is 24.3 Å². The van der Waals surface area contributed by atoms with Gasteiger partial charge in [-0.05, 0) is 64.7 Å². The first-order valence-electron chi connectivity index (χ1n) is 7.65. The van der Waals surface area contributed by atoms with Crippen molar-refractivity contribution in [1.82, 2.24) is 0 Å². The second-order valence-corrected chi connectivity index (χ2v) is 5.40. The number of halogens is 2. The summed E-state index contributed by atoms with van der Waals surface area (Å²) in [4.78, 5) is 0. The van der Waals surface area contributed by atoms with Gasteiger partial charge in [-0.2, -0.15) is 0 Å². The molecule has 0 radical (unpaired) electrons. The minimum Gasteiger partial charge on any atom is -0.492 e. The number of hydrogen-bond donors (Lipinski definition) is 1. The van der Waals surface area contributed by atoms with Gasteiger partial charge in [-0.1, -0.05) is 24.3 Å². The van der Waals surface area contributed by atoms with Crippen LogP contribution in [0.15, 0.2) is 66.7 Å². The summed E-state index contributed by atoms with van der Waals surface area (Å²) in [7, 11) is 0. The topological polar surface area (TPSA) is 35.2 Å². The van der Waals surface area contributed by atoms with Crippen LogP contribution in [0.4, 0.5) is 8.78 Å². The van der Waals surface area contributed by atoms with Crippen molar-refractivity contribution in [3.05, 3.63) is 78.4 Å². The summed E-state index contributed by atoms with van der Waals surface area (Å²) in [6.45, 7) is 0.808. The van der Waals surface area contributed by atoms with Crippen LogP contribution in [0, 0.1) is 11.6 Å². The Labute approximate surface area is 139 Å². The second-order valence-electron chi connectivity index (χ2n) is 5.40. The SMILES string of the molecule is NCCOc1cc(-c2ccc(F)cc2)cc(-c2ccc(F)cc2)c1. The fraction of sp³-hybridized carbons (Fsp3) is 0.100. The fourth-order valence-electron chi connectivity index (χ4n) is 2.48. The molecule has 0 heterocycles. The molecule has 0 saturated carbocycles. The Morgan fingerprint density at radius 3 is 1.54 bits per heavy atom. The summed E-state index contributed by atoms with van der Waals surface area (Å²) in [5, 5.41) is 0. The van der Waals surface area contributed by atoms with Gasteiger partial charge in [0.1, 0.15) is 24.0 Å². The van der Waals surface area contributed by atoms with Crippen molar-refractivity contribution >= 4 is 0 Å². The van der Waals surface area contributed by atoms with Crippen molar-refractivity contribution in [3.8, 4) is 28.0 Å². The maximum absolute atomic E-state index is 13.2. The van der Waals surface area contributed by atoms with Gasteiger partial charge in [0.15, 0.2) is 0 Å². The van der Waals surface area contributed by atoms with Crippen molar-refractivity contribution in [1.29, 1.82) is 0 Å². The molecule has 3 rings (SSSR count). The summed E-state index contributed by atoms with van der Waals surface area (Å²) in [6.07, 6.45) is 0. The lowest BCUT2D eigenvalue weighted by Crippen LogP contribution is -2.10. The second kappa shape index (κ2) is 7.23. The summed E-state index contributed by atoms with van der Waals surface area (Å²) >= 11 is 0. The number of rotatable bonds is 5. The quantitative estimate of drug-likeness (QED) is 0.742. The zero-order valence-corrected chi connectivity index (χ0v) is 13.0. The van der Waals surface area contributed by atoms with Crippen LogP contribution in [0.5, 0.6) is 5.75 Å². The van der Waals surface area contributed by atoms with Crippen LogP contribution < -0.4 is 10.5 Å². The zero-order chi connectivity index (χ0) is 16.9. The predicted molar refractivity (Wildman–Crippen MR) is 91.8 cm³/mol. The van der Waals surface area contributed by atoms with Crippen LogP contribution in [-0.2, 0) is 0 Å². The summed E-state index contributed by atoms with van der Waals surface area (Å²) < 4.78 is 32.0. The smallest absolute Gasteiger partial charge is 0.123 e. The Bertz CT molecular complexity index is 750. The largest absolute Gasteiger partial charge is 0.492 e. The van der Waals surface area contributed by atoms with Gasteiger partial charge in [0.05, 0.1) is 0 Å². The summed E-state index contributed by atoms with van der Waals surface area (Å²) in [5.41, 5.74) is 9.03. The number of nitrogens with two attached hydrogens (primary N) is 1. The Kier molecular flexibility index (Phi) is 4.87. The van der Waals surface area contributed by atoms with Crippen LogP contribution >= 0.6 is 0 Å². The third kappa shape index (κ3) is 3.78. The molecule has 4 heteroatoms. The molecular weight excluding hydrogens is 308 g/mol. The molecule has 24 heavy (non-hydrogen) atoms. The van der Waals surface area contributed by atoms with Crippen molar-refractivity contribution in [2.75, 3.05) is 13.2 Å². The molecule has 0 atom stereocenters. The number of ether oxygens (including phenoxy) is 1. The molecule has 0 aromatic heterocycles. The van der Waals surface area contributed by atoms with Crippen molar-refractivity contribution in [2.45, 2.75) is 0 Å². The molecule has 2 N–H and O–H groups in total. The van der Waals surface area contributed by atoms with E-state index in [-0.39, 0.29) is 11.6 Å². The van der Waals surface area contributed by atoms with Gasteiger partial charge in [-0.25, -0.2) is 8.78 Å². The van der Waals surface area contributed by atoms with Crippen LogP contribution in [0.25, 0.3) is 22.3 Å². The van der Waals surface area contributed by atoms with E-state index in [9.17, 15) is 8.78 Å². The highest BCUT2D eigenvalue weighted by Crippen LogP contribution is 2.31. The predicted octanol–water partition coefficient (Wildman–Crippen LogP) is 4.64. The zero-order valence-electron chi connectivity index (χ0n) is 13.0. The highest BCUT2D eigenvalue weighted by molar-refractivity contribution is 5.75. The van der Waals surface area contributed by atoms with Gasteiger partial charge < -0.3 is 10.5 Å². The monoisotopic (exact) mass is 325 g/mol. The number of hydrogen-bond acceptors (Lipinski definition) is 2. The molecule has 0 aliphatic heterocycles. The Balaban J connectivity index is 2.05. The maximum atomic E-state index is 13.2. The molecule has 0 fully saturated rings. The Morgan fingerprint density at radius 2 is 1.12 bits per heavy atom. The first-order chi connectivity index (χ1) is 11.7. The Hall–Kier alpha value is -2.72. The number of benzene rings is 3. The normalized spacial score (nSPS) is 10.6. The van der Waals surface area contributed by atoms with E-state index < -0.39 is 0 Å². The van der Waals surface area contributed by atoms with E-state index in [4.69, 9.17) is 10.5 Å². The van der Waals surface area contributed by atoms with Gasteiger partial charge in [-0.3, -0.25) is 0 Å². The van der Waals surface area contributed by atoms with Crippen molar-refractivity contribution in [2.24, 2.45) is 5.73 Å². The molecule has 0 saturated heterocycles. The maximum Gasteiger partial charge on any atom is 0.123 e. The van der Waals surface area contributed by atoms with E-state index in [1.807, 2.05) is 18.2 Å². The molecule has 3 aromatic rings. The standard InChI is InChI=1S/C20H17F2NO/c21-18-5-1-14(2-6-18)16-11-17(13-20(12-16)24-10-9-23)15-3-7-19(22)8-4-15/h1-8,11-13H,9-10,23H2. The van der Waals surface area contributed by atoms with E-state index in [2.05, 4.69) is 0 Å². The van der Waals surface area contributed by atoms with E-state index in [0.717, 1.165) is 22.3 Å². The fourth-order valence-corrected chi connectivity index (χ4v) is 2.48. The molecule has 3 aromatic carbocycles. The molecule has 0 aliphatic rings. The summed E-state index contributed by atoms with van der Waals surface area (Å²) in [5.74, 6) is 0.0997. The lowest BCUT2D eigenvalue weighted by Gasteiger charge is -2.12. The van der Waals surface area contributed by atoms with Gasteiger partial charge in [-0.15, -0.1) is 0 Å². The molecule has 122 valence electrons. The third-order valence-corrected chi connectivity index (χ3v) is 3.65. The molecular formula is C20H17F2NO. The van der Waals surface area contributed by atoms with Crippen molar-refractivity contribution in [3.63, 3.8) is 0 Å². The minimum absolute atomic E-state index is 0.284. The van der Waals surface area contributed by atoms with Crippen LogP contribution in [-0.4, -0.2) is 13.2 Å². The lowest BCUT2D eigenvalue weighted by atomic mass is 9.98. The molecule has 0 unspecified atom stereocenters. The molecule has 0 bridgehead atoms. The minimum atomic E-state index is -0.284. The highest BCUT2D eigenvalue weighted by atomic mass is 19.1. The molecule has 2 nitrogen and oxygen atoms in total. The first-order valence-corrected chi connectivity index (χ1v) is 7.65. The lowest BCUT2D eigenvalue weighted by molar-refractivity contribution is 0.328. The van der Waals surface area contributed by atoms with E-state index in [0.29, 0.717) is 18.9 Å². The van der Waals surface area contributed by atoms with Crippen LogP contribution in [0.3, 0.4) is 0 Å². The Morgan fingerprint density at radius 1 is 0.667 bits per heavy atom. The van der Waals surface area contributed by atoms with Crippen molar-refractivity contribution < 1.29 is 13.5 Å². The highest BCUT2D eigenvalue weighted by Gasteiger charge is 2.07. The van der Waals surface area contributed by atoms with Gasteiger partial charge in [0.2, 0.25) is 0 Å². The van der Waals surface area contributed by atoms with Gasteiger partial charge >= 0.3 is 0 Å². The first kappa shape index (κ1) is 16.1. The average molecular weight is 325 g/mol. The molecule has 0 amide bonds. The average Bonchev–Trinajstić information content (AvgIpc) is 2.61. The van der Waals surface area contributed by atoms with E-state index >= 15 is 0 Å².